The maximum atomic E-state index is 9.42. The van der Waals surface area contributed by atoms with Crippen LogP contribution in [0.25, 0.3) is 0 Å². The molecule has 16 heavy (non-hydrogen) atoms. The largest absolute Gasteiger partial charge is 0.508 e. The number of thiocarbonyl (C=S) groups is 1. The van der Waals surface area contributed by atoms with Crippen LogP contribution in [-0.2, 0) is 0 Å². The first-order valence-corrected chi connectivity index (χ1v) is 5.37. The van der Waals surface area contributed by atoms with Gasteiger partial charge in [-0.05, 0) is 54.9 Å². The van der Waals surface area contributed by atoms with Crippen molar-refractivity contribution in [2.75, 3.05) is 0 Å². The third-order valence-corrected chi connectivity index (χ3v) is 2.26. The summed E-state index contributed by atoms with van der Waals surface area (Å²) in [6.07, 6.45) is 0.750. The van der Waals surface area contributed by atoms with E-state index in [1.165, 1.54) is 0 Å². The van der Waals surface area contributed by atoms with Gasteiger partial charge in [0.1, 0.15) is 5.75 Å². The molecule has 0 saturated carbocycles. The summed E-state index contributed by atoms with van der Waals surface area (Å²) in [7, 11) is 0. The SMILES string of the molecule is CCC(=NNC(N)=S)c1ccc(O)c(C)c1. The van der Waals surface area contributed by atoms with Gasteiger partial charge in [0.05, 0.1) is 5.71 Å². The van der Waals surface area contributed by atoms with Crippen molar-refractivity contribution in [2.24, 2.45) is 10.8 Å². The normalized spacial score (nSPS) is 11.2. The Kier molecular flexibility index (Phi) is 4.25. The molecule has 5 heteroatoms. The lowest BCUT2D eigenvalue weighted by Crippen LogP contribution is -2.25. The minimum Gasteiger partial charge on any atom is -0.508 e. The fourth-order valence-corrected chi connectivity index (χ4v) is 1.35. The molecule has 0 amide bonds. The monoisotopic (exact) mass is 237 g/mol. The van der Waals surface area contributed by atoms with Crippen LogP contribution in [0.5, 0.6) is 5.75 Å². The van der Waals surface area contributed by atoms with Crippen molar-refractivity contribution >= 4 is 23.0 Å². The van der Waals surface area contributed by atoms with Gasteiger partial charge in [-0.15, -0.1) is 0 Å². The van der Waals surface area contributed by atoms with Crippen LogP contribution in [-0.4, -0.2) is 15.9 Å². The van der Waals surface area contributed by atoms with Crippen molar-refractivity contribution in [2.45, 2.75) is 20.3 Å². The molecule has 0 unspecified atom stereocenters. The van der Waals surface area contributed by atoms with Crippen molar-refractivity contribution in [3.05, 3.63) is 29.3 Å². The van der Waals surface area contributed by atoms with Crippen LogP contribution in [0.15, 0.2) is 23.3 Å². The summed E-state index contributed by atoms with van der Waals surface area (Å²) in [4.78, 5) is 0. The second-order valence-corrected chi connectivity index (χ2v) is 3.83. The van der Waals surface area contributed by atoms with Gasteiger partial charge in [-0.25, -0.2) is 0 Å². The third kappa shape index (κ3) is 3.20. The fourth-order valence-electron chi connectivity index (χ4n) is 1.31. The standard InChI is InChI=1S/C11H15N3OS/c1-3-9(13-14-11(12)16)8-4-5-10(15)7(2)6-8/h4-6,15H,3H2,1-2H3,(H3,12,14,16). The smallest absolute Gasteiger partial charge is 0.184 e. The lowest BCUT2D eigenvalue weighted by Gasteiger charge is -2.06. The van der Waals surface area contributed by atoms with E-state index in [0.29, 0.717) is 0 Å². The predicted molar refractivity (Wildman–Crippen MR) is 69.6 cm³/mol. The number of hydrogen-bond donors (Lipinski definition) is 3. The van der Waals surface area contributed by atoms with Gasteiger partial charge < -0.3 is 10.8 Å². The Morgan fingerprint density at radius 3 is 2.75 bits per heavy atom. The number of hydrazone groups is 1. The number of nitrogens with zero attached hydrogens (tertiary/aromatic N) is 1. The zero-order valence-corrected chi connectivity index (χ0v) is 10.1. The number of nitrogens with two attached hydrogens (primary N) is 1. The van der Waals surface area contributed by atoms with E-state index in [1.54, 1.807) is 6.07 Å². The molecule has 0 aliphatic rings. The van der Waals surface area contributed by atoms with Crippen molar-refractivity contribution in [3.63, 3.8) is 0 Å². The summed E-state index contributed by atoms with van der Waals surface area (Å²) in [5.74, 6) is 0.279. The van der Waals surface area contributed by atoms with E-state index < -0.39 is 0 Å². The molecule has 0 fully saturated rings. The van der Waals surface area contributed by atoms with Gasteiger partial charge >= 0.3 is 0 Å². The Bertz CT molecular complexity index is 429. The van der Waals surface area contributed by atoms with Crippen LogP contribution in [0.2, 0.25) is 0 Å². The van der Waals surface area contributed by atoms with E-state index in [0.717, 1.165) is 23.3 Å². The van der Waals surface area contributed by atoms with Crippen LogP contribution < -0.4 is 11.2 Å². The molecule has 0 bridgehead atoms. The quantitative estimate of drug-likeness (QED) is 0.425. The Morgan fingerprint density at radius 2 is 2.25 bits per heavy atom. The molecule has 1 aromatic carbocycles. The topological polar surface area (TPSA) is 70.6 Å². The van der Waals surface area contributed by atoms with Gasteiger partial charge in [0.15, 0.2) is 5.11 Å². The molecule has 0 spiro atoms. The number of aryl methyl sites for hydroxylation is 1. The van der Waals surface area contributed by atoms with Crippen LogP contribution in [0.4, 0.5) is 0 Å². The van der Waals surface area contributed by atoms with Gasteiger partial charge in [0.25, 0.3) is 0 Å². The van der Waals surface area contributed by atoms with Crippen LogP contribution in [0.1, 0.15) is 24.5 Å². The molecular weight excluding hydrogens is 222 g/mol. The molecule has 0 aromatic heterocycles. The first-order valence-electron chi connectivity index (χ1n) is 4.96. The number of phenolic OH excluding ortho intramolecular Hbond substituents is 1. The first-order chi connectivity index (χ1) is 7.54. The lowest BCUT2D eigenvalue weighted by molar-refractivity contribution is 0.471. The first kappa shape index (κ1) is 12.4. The molecule has 0 heterocycles. The van der Waals surface area contributed by atoms with Crippen molar-refractivity contribution in [3.8, 4) is 5.75 Å². The lowest BCUT2D eigenvalue weighted by atomic mass is 10.1. The average molecular weight is 237 g/mol. The number of benzene rings is 1. The molecule has 1 rings (SSSR count). The summed E-state index contributed by atoms with van der Waals surface area (Å²) in [6.45, 7) is 3.83. The van der Waals surface area contributed by atoms with Gasteiger partial charge in [-0.2, -0.15) is 5.10 Å². The Morgan fingerprint density at radius 1 is 1.56 bits per heavy atom. The van der Waals surface area contributed by atoms with E-state index >= 15 is 0 Å². The molecule has 0 radical (unpaired) electrons. The zero-order valence-electron chi connectivity index (χ0n) is 9.32. The van der Waals surface area contributed by atoms with Crippen molar-refractivity contribution < 1.29 is 5.11 Å². The maximum absolute atomic E-state index is 9.42. The second-order valence-electron chi connectivity index (χ2n) is 3.39. The molecule has 0 atom stereocenters. The van der Waals surface area contributed by atoms with Gasteiger partial charge in [-0.3, -0.25) is 5.43 Å². The highest BCUT2D eigenvalue weighted by molar-refractivity contribution is 7.80. The fraction of sp³-hybridized carbons (Fsp3) is 0.273. The van der Waals surface area contributed by atoms with E-state index in [-0.39, 0.29) is 10.9 Å². The number of aromatic hydroxyl groups is 1. The minimum absolute atomic E-state index is 0.140. The van der Waals surface area contributed by atoms with Crippen LogP contribution in [0.3, 0.4) is 0 Å². The second kappa shape index (κ2) is 5.46. The molecule has 0 aliphatic heterocycles. The van der Waals surface area contributed by atoms with Gasteiger partial charge in [-0.1, -0.05) is 6.92 Å². The van der Waals surface area contributed by atoms with Crippen molar-refractivity contribution in [1.29, 1.82) is 0 Å². The highest BCUT2D eigenvalue weighted by Gasteiger charge is 2.04. The Labute approximate surface area is 100 Å². The number of phenols is 1. The summed E-state index contributed by atoms with van der Waals surface area (Å²) in [5.41, 5.74) is 10.5. The molecule has 0 saturated heterocycles. The summed E-state index contributed by atoms with van der Waals surface area (Å²) in [6, 6.07) is 5.33. The van der Waals surface area contributed by atoms with Crippen LogP contribution in [0, 0.1) is 6.92 Å². The Balaban J connectivity index is 2.99. The van der Waals surface area contributed by atoms with E-state index in [9.17, 15) is 5.11 Å². The highest BCUT2D eigenvalue weighted by atomic mass is 32.1. The van der Waals surface area contributed by atoms with Crippen LogP contribution >= 0.6 is 12.2 Å². The molecule has 0 aliphatic carbocycles. The predicted octanol–water partition coefficient (Wildman–Crippen LogP) is 1.65. The minimum atomic E-state index is 0.140. The van der Waals surface area contributed by atoms with E-state index in [1.807, 2.05) is 26.0 Å². The maximum Gasteiger partial charge on any atom is 0.184 e. The van der Waals surface area contributed by atoms with Gasteiger partial charge in [0.2, 0.25) is 0 Å². The van der Waals surface area contributed by atoms with E-state index in [4.69, 9.17) is 5.73 Å². The summed E-state index contributed by atoms with van der Waals surface area (Å²) in [5, 5.41) is 13.7. The highest BCUT2D eigenvalue weighted by Crippen LogP contribution is 2.18. The number of hydrogen-bond acceptors (Lipinski definition) is 3. The summed E-state index contributed by atoms with van der Waals surface area (Å²) < 4.78 is 0. The van der Waals surface area contributed by atoms with Crippen molar-refractivity contribution in [1.82, 2.24) is 5.43 Å². The van der Waals surface area contributed by atoms with E-state index in [2.05, 4.69) is 22.7 Å². The zero-order chi connectivity index (χ0) is 12.1. The summed E-state index contributed by atoms with van der Waals surface area (Å²) >= 11 is 4.68. The number of nitrogens with one attached hydrogen (secondary N) is 1. The molecule has 4 N–H and O–H groups in total. The van der Waals surface area contributed by atoms with Gasteiger partial charge in [0, 0.05) is 0 Å². The molecular formula is C11H15N3OS. The third-order valence-electron chi connectivity index (χ3n) is 2.17. The Hall–Kier alpha value is -1.62. The molecule has 1 aromatic rings. The average Bonchev–Trinajstić information content (AvgIpc) is 2.23. The molecule has 86 valence electrons. The number of rotatable bonds is 3. The molecule has 4 nitrogen and oxygen atoms in total.